The summed E-state index contributed by atoms with van der Waals surface area (Å²) in [6.07, 6.45) is 2.63. The van der Waals surface area contributed by atoms with Crippen molar-refractivity contribution in [2.45, 2.75) is 11.8 Å². The molecule has 0 atom stereocenters. The molecule has 29 heavy (non-hydrogen) atoms. The van der Waals surface area contributed by atoms with Gasteiger partial charge in [-0.3, -0.25) is 9.48 Å². The van der Waals surface area contributed by atoms with Crippen LogP contribution in [0.4, 0.5) is 5.69 Å². The molecule has 0 aliphatic carbocycles. The number of pyridine rings is 1. The molecular weight excluding hydrogens is 392 g/mol. The number of rotatable bonds is 4. The highest BCUT2D eigenvalue weighted by Gasteiger charge is 2.22. The van der Waals surface area contributed by atoms with Gasteiger partial charge in [-0.05, 0) is 37.3 Å². The average Bonchev–Trinajstić information content (AvgIpc) is 3.29. The number of amides is 1. The minimum absolute atomic E-state index is 0.0489. The molecule has 0 saturated carbocycles. The smallest absolute Gasteiger partial charge is 0.256 e. The summed E-state index contributed by atoms with van der Waals surface area (Å²) in [5, 5.41) is 7.68. The fourth-order valence-electron chi connectivity index (χ4n) is 3.26. The number of aryl methyl sites for hydroxylation is 2. The van der Waals surface area contributed by atoms with Gasteiger partial charge in [0.15, 0.2) is 21.2 Å². The Morgan fingerprint density at radius 2 is 1.93 bits per heavy atom. The van der Waals surface area contributed by atoms with Crippen LogP contribution in [0.25, 0.3) is 22.5 Å². The van der Waals surface area contributed by atoms with Crippen LogP contribution in [0, 0.1) is 6.92 Å². The molecule has 0 bridgehead atoms. The summed E-state index contributed by atoms with van der Waals surface area (Å²) in [5.74, 6) is 0.0498. The van der Waals surface area contributed by atoms with Crippen LogP contribution in [0.3, 0.4) is 0 Å². The zero-order valence-corrected chi connectivity index (χ0v) is 16.8. The quantitative estimate of drug-likeness (QED) is 0.554. The predicted molar refractivity (Wildman–Crippen MR) is 108 cm³/mol. The summed E-state index contributed by atoms with van der Waals surface area (Å²) in [6.45, 7) is 1.79. The van der Waals surface area contributed by atoms with Gasteiger partial charge in [-0.1, -0.05) is 12.1 Å². The zero-order valence-electron chi connectivity index (χ0n) is 16.0. The van der Waals surface area contributed by atoms with Crippen molar-refractivity contribution in [3.63, 3.8) is 0 Å². The van der Waals surface area contributed by atoms with Gasteiger partial charge in [0.2, 0.25) is 0 Å². The summed E-state index contributed by atoms with van der Waals surface area (Å²) in [6, 6.07) is 11.4. The standard InChI is InChI=1S/C20H18N4O4S/c1-12-18-13(20(25)22-14-7-4-5-9-17(14)29(3,26)27)11-15(16-8-6-10-28-16)21-19(18)24(2)23-12/h4-11H,1-3H3,(H,22,25). The second-order valence-corrected chi connectivity index (χ2v) is 8.65. The van der Waals surface area contributed by atoms with Gasteiger partial charge in [0.05, 0.1) is 33.5 Å². The molecule has 0 saturated heterocycles. The highest BCUT2D eigenvalue weighted by molar-refractivity contribution is 7.90. The predicted octanol–water partition coefficient (Wildman–Crippen LogP) is 3.19. The van der Waals surface area contributed by atoms with E-state index in [1.165, 1.54) is 12.3 Å². The molecule has 3 aromatic heterocycles. The number of benzene rings is 1. The molecule has 8 nitrogen and oxygen atoms in total. The third kappa shape index (κ3) is 3.40. The maximum absolute atomic E-state index is 13.2. The molecule has 0 spiro atoms. The van der Waals surface area contributed by atoms with Crippen molar-refractivity contribution in [3.05, 3.63) is 60.0 Å². The Bertz CT molecular complexity index is 1340. The van der Waals surface area contributed by atoms with E-state index in [9.17, 15) is 13.2 Å². The Morgan fingerprint density at radius 1 is 1.17 bits per heavy atom. The third-order valence-electron chi connectivity index (χ3n) is 4.52. The van der Waals surface area contributed by atoms with Crippen LogP contribution in [0.1, 0.15) is 16.1 Å². The first-order chi connectivity index (χ1) is 13.8. The normalized spacial score (nSPS) is 11.7. The molecule has 4 aromatic rings. The van der Waals surface area contributed by atoms with Crippen molar-refractivity contribution in [2.75, 3.05) is 11.6 Å². The van der Waals surface area contributed by atoms with Crippen LogP contribution < -0.4 is 5.32 Å². The highest BCUT2D eigenvalue weighted by Crippen LogP contribution is 2.28. The van der Waals surface area contributed by atoms with Crippen LogP contribution >= 0.6 is 0 Å². The number of carbonyl (C=O) groups is 1. The molecule has 0 fully saturated rings. The molecule has 1 aromatic carbocycles. The molecule has 4 rings (SSSR count). The molecule has 0 unspecified atom stereocenters. The first kappa shape index (κ1) is 18.9. The van der Waals surface area contributed by atoms with Gasteiger partial charge in [0, 0.05) is 13.3 Å². The molecule has 0 aliphatic rings. The monoisotopic (exact) mass is 410 g/mol. The van der Waals surface area contributed by atoms with E-state index >= 15 is 0 Å². The van der Waals surface area contributed by atoms with E-state index in [0.717, 1.165) is 6.26 Å². The van der Waals surface area contributed by atoms with Crippen molar-refractivity contribution in [2.24, 2.45) is 7.05 Å². The maximum atomic E-state index is 13.2. The van der Waals surface area contributed by atoms with E-state index in [2.05, 4.69) is 15.4 Å². The first-order valence-electron chi connectivity index (χ1n) is 8.74. The first-order valence-corrected chi connectivity index (χ1v) is 10.6. The minimum atomic E-state index is -3.51. The van der Waals surface area contributed by atoms with E-state index in [0.29, 0.717) is 33.7 Å². The van der Waals surface area contributed by atoms with Crippen molar-refractivity contribution in [1.82, 2.24) is 14.8 Å². The molecular formula is C20H18N4O4S. The van der Waals surface area contributed by atoms with E-state index in [1.807, 2.05) is 0 Å². The van der Waals surface area contributed by atoms with Crippen molar-refractivity contribution >= 4 is 32.5 Å². The number of hydrogen-bond acceptors (Lipinski definition) is 6. The van der Waals surface area contributed by atoms with E-state index in [4.69, 9.17) is 4.42 Å². The molecule has 1 N–H and O–H groups in total. The Kier molecular flexibility index (Phi) is 4.46. The Balaban J connectivity index is 1.87. The van der Waals surface area contributed by atoms with Crippen LogP contribution in [0.5, 0.6) is 0 Å². The van der Waals surface area contributed by atoms with Crippen LogP contribution in [-0.4, -0.2) is 35.3 Å². The molecule has 0 radical (unpaired) electrons. The van der Waals surface area contributed by atoms with Gasteiger partial charge in [0.25, 0.3) is 5.91 Å². The van der Waals surface area contributed by atoms with Crippen molar-refractivity contribution < 1.29 is 17.6 Å². The second kappa shape index (κ2) is 6.85. The highest BCUT2D eigenvalue weighted by atomic mass is 32.2. The topological polar surface area (TPSA) is 107 Å². The molecule has 148 valence electrons. The Hall–Kier alpha value is -3.46. The lowest BCUT2D eigenvalue weighted by Crippen LogP contribution is -2.15. The van der Waals surface area contributed by atoms with Gasteiger partial charge in [0.1, 0.15) is 5.69 Å². The maximum Gasteiger partial charge on any atom is 0.256 e. The SMILES string of the molecule is Cc1nn(C)c2nc(-c3ccco3)cc(C(=O)Nc3ccccc3S(C)(=O)=O)c12. The number of sulfone groups is 1. The van der Waals surface area contributed by atoms with E-state index in [1.54, 1.807) is 55.1 Å². The summed E-state index contributed by atoms with van der Waals surface area (Å²) in [7, 11) is -1.77. The number of hydrogen-bond donors (Lipinski definition) is 1. The van der Waals surface area contributed by atoms with Gasteiger partial charge in [-0.15, -0.1) is 0 Å². The largest absolute Gasteiger partial charge is 0.463 e. The van der Waals surface area contributed by atoms with Crippen LogP contribution in [-0.2, 0) is 16.9 Å². The molecule has 0 aliphatic heterocycles. The third-order valence-corrected chi connectivity index (χ3v) is 5.68. The van der Waals surface area contributed by atoms with Crippen LogP contribution in [0.15, 0.2) is 58.0 Å². The van der Waals surface area contributed by atoms with Crippen LogP contribution in [0.2, 0.25) is 0 Å². The fraction of sp³-hybridized carbons (Fsp3) is 0.150. The van der Waals surface area contributed by atoms with Gasteiger partial charge in [-0.25, -0.2) is 13.4 Å². The number of anilines is 1. The Labute approximate surface area is 167 Å². The van der Waals surface area contributed by atoms with E-state index < -0.39 is 15.7 Å². The fourth-order valence-corrected chi connectivity index (χ4v) is 4.10. The van der Waals surface area contributed by atoms with Gasteiger partial charge in [-0.2, -0.15) is 5.10 Å². The summed E-state index contributed by atoms with van der Waals surface area (Å²) < 4.78 is 31.2. The number of aromatic nitrogens is 3. The second-order valence-electron chi connectivity index (χ2n) is 6.66. The zero-order chi connectivity index (χ0) is 20.8. The lowest BCUT2D eigenvalue weighted by atomic mass is 10.1. The minimum Gasteiger partial charge on any atom is -0.463 e. The lowest BCUT2D eigenvalue weighted by molar-refractivity contribution is 0.102. The number of carbonyl (C=O) groups excluding carboxylic acids is 1. The number of furan rings is 1. The van der Waals surface area contributed by atoms with Crippen molar-refractivity contribution in [3.8, 4) is 11.5 Å². The lowest BCUT2D eigenvalue weighted by Gasteiger charge is -2.11. The number of nitrogens with one attached hydrogen (secondary N) is 1. The number of para-hydroxylation sites is 1. The Morgan fingerprint density at radius 3 is 2.62 bits per heavy atom. The van der Waals surface area contributed by atoms with E-state index in [-0.39, 0.29) is 10.6 Å². The summed E-state index contributed by atoms with van der Waals surface area (Å²) in [5.41, 5.74) is 2.19. The molecule has 3 heterocycles. The summed E-state index contributed by atoms with van der Waals surface area (Å²) in [4.78, 5) is 17.8. The van der Waals surface area contributed by atoms with Gasteiger partial charge < -0.3 is 9.73 Å². The molecule has 1 amide bonds. The molecule has 9 heteroatoms. The van der Waals surface area contributed by atoms with Gasteiger partial charge >= 0.3 is 0 Å². The number of fused-ring (bicyclic) bond motifs is 1. The van der Waals surface area contributed by atoms with Crippen molar-refractivity contribution in [1.29, 1.82) is 0 Å². The number of nitrogens with zero attached hydrogens (tertiary/aromatic N) is 3. The average molecular weight is 410 g/mol. The summed E-state index contributed by atoms with van der Waals surface area (Å²) >= 11 is 0.